The number of carbonyl (C=O) groups excluding carboxylic acids is 2. The van der Waals surface area contributed by atoms with Gasteiger partial charge in [0.25, 0.3) is 0 Å². The highest BCUT2D eigenvalue weighted by molar-refractivity contribution is 5.98. The summed E-state index contributed by atoms with van der Waals surface area (Å²) in [5.74, 6) is -1.31. The molecule has 1 N–H and O–H groups in total. The van der Waals surface area contributed by atoms with Gasteiger partial charge in [-0.05, 0) is 19.1 Å². The number of carbonyl (C=O) groups is 3. The van der Waals surface area contributed by atoms with Gasteiger partial charge < -0.3 is 9.84 Å². The Kier molecular flexibility index (Phi) is 3.01. The van der Waals surface area contributed by atoms with Crippen LogP contribution in [0.1, 0.15) is 17.3 Å². The average molecular weight is 249 g/mol. The Morgan fingerprint density at radius 1 is 1.44 bits per heavy atom. The number of benzene rings is 1. The molecule has 1 aliphatic heterocycles. The van der Waals surface area contributed by atoms with Gasteiger partial charge in [0.15, 0.2) is 5.78 Å². The monoisotopic (exact) mass is 249 g/mol. The summed E-state index contributed by atoms with van der Waals surface area (Å²) in [4.78, 5) is 34.7. The van der Waals surface area contributed by atoms with Crippen molar-refractivity contribution in [3.63, 3.8) is 0 Å². The van der Waals surface area contributed by atoms with E-state index in [4.69, 9.17) is 9.84 Å². The molecular formula is C12H11NO5. The molecule has 0 spiro atoms. The van der Waals surface area contributed by atoms with E-state index < -0.39 is 18.2 Å². The van der Waals surface area contributed by atoms with Gasteiger partial charge in [0, 0.05) is 11.3 Å². The number of aliphatic carboxylic acids is 1. The minimum Gasteiger partial charge on any atom is -0.478 e. The summed E-state index contributed by atoms with van der Waals surface area (Å²) in [5.41, 5.74) is 0.913. The fourth-order valence-corrected chi connectivity index (χ4v) is 1.70. The van der Waals surface area contributed by atoms with Crippen LogP contribution in [0.3, 0.4) is 0 Å². The second-order valence-corrected chi connectivity index (χ2v) is 3.93. The van der Waals surface area contributed by atoms with Crippen LogP contribution in [0.25, 0.3) is 0 Å². The molecule has 0 radical (unpaired) electrons. The molecule has 1 aromatic carbocycles. The molecule has 0 bridgehead atoms. The van der Waals surface area contributed by atoms with Gasteiger partial charge in [-0.3, -0.25) is 9.69 Å². The number of cyclic esters (lactones) is 1. The summed E-state index contributed by atoms with van der Waals surface area (Å²) >= 11 is 0. The van der Waals surface area contributed by atoms with Crippen molar-refractivity contribution < 1.29 is 24.2 Å². The molecule has 0 aromatic heterocycles. The molecule has 1 heterocycles. The summed E-state index contributed by atoms with van der Waals surface area (Å²) < 4.78 is 4.69. The molecule has 1 amide bonds. The normalized spacial score (nSPS) is 18.6. The van der Waals surface area contributed by atoms with Crippen LogP contribution < -0.4 is 4.90 Å². The largest absolute Gasteiger partial charge is 0.478 e. The van der Waals surface area contributed by atoms with Crippen molar-refractivity contribution in [1.29, 1.82) is 0 Å². The van der Waals surface area contributed by atoms with E-state index in [-0.39, 0.29) is 12.3 Å². The van der Waals surface area contributed by atoms with Gasteiger partial charge in [-0.15, -0.1) is 0 Å². The first-order valence-electron chi connectivity index (χ1n) is 5.31. The lowest BCUT2D eigenvalue weighted by atomic mass is 10.1. The Bertz CT molecular complexity index is 525. The van der Waals surface area contributed by atoms with Crippen molar-refractivity contribution in [3.05, 3.63) is 29.8 Å². The van der Waals surface area contributed by atoms with E-state index in [0.29, 0.717) is 11.3 Å². The molecule has 2 rings (SSSR count). The molecule has 0 unspecified atom stereocenters. The summed E-state index contributed by atoms with van der Waals surface area (Å²) in [7, 11) is 0. The first kappa shape index (κ1) is 12.1. The van der Waals surface area contributed by atoms with Crippen molar-refractivity contribution in [2.24, 2.45) is 0 Å². The minimum absolute atomic E-state index is 0.0600. The minimum atomic E-state index is -1.19. The number of amides is 1. The van der Waals surface area contributed by atoms with Gasteiger partial charge in [0.1, 0.15) is 0 Å². The first-order chi connectivity index (χ1) is 8.49. The molecule has 18 heavy (non-hydrogen) atoms. The molecule has 1 atom stereocenters. The third-order valence-corrected chi connectivity index (χ3v) is 2.65. The second kappa shape index (κ2) is 4.48. The molecule has 1 saturated heterocycles. The number of carboxylic acid groups (broad SMARTS) is 1. The maximum atomic E-state index is 11.5. The van der Waals surface area contributed by atoms with E-state index >= 15 is 0 Å². The molecule has 0 saturated carbocycles. The zero-order chi connectivity index (χ0) is 13.3. The van der Waals surface area contributed by atoms with Crippen molar-refractivity contribution in [2.45, 2.75) is 13.0 Å². The van der Waals surface area contributed by atoms with Gasteiger partial charge in [-0.2, -0.15) is 0 Å². The summed E-state index contributed by atoms with van der Waals surface area (Å²) in [6, 6.07) is 6.42. The van der Waals surface area contributed by atoms with Gasteiger partial charge in [0.2, 0.25) is 6.10 Å². The van der Waals surface area contributed by atoms with E-state index in [2.05, 4.69) is 0 Å². The van der Waals surface area contributed by atoms with E-state index in [0.717, 1.165) is 0 Å². The van der Waals surface area contributed by atoms with Crippen molar-refractivity contribution >= 4 is 23.5 Å². The average Bonchev–Trinajstić information content (AvgIpc) is 2.72. The highest BCUT2D eigenvalue weighted by Gasteiger charge is 2.36. The molecular weight excluding hydrogens is 238 g/mol. The van der Waals surface area contributed by atoms with Crippen LogP contribution in [-0.4, -0.2) is 35.6 Å². The van der Waals surface area contributed by atoms with Crippen LogP contribution in [0.4, 0.5) is 10.5 Å². The Morgan fingerprint density at radius 2 is 2.17 bits per heavy atom. The van der Waals surface area contributed by atoms with E-state index in [9.17, 15) is 14.4 Å². The van der Waals surface area contributed by atoms with Gasteiger partial charge in [0.05, 0.1) is 6.54 Å². The van der Waals surface area contributed by atoms with E-state index in [1.807, 2.05) is 0 Å². The van der Waals surface area contributed by atoms with Crippen molar-refractivity contribution in [3.8, 4) is 0 Å². The van der Waals surface area contributed by atoms with Gasteiger partial charge in [-0.1, -0.05) is 12.1 Å². The number of ether oxygens (including phenoxy) is 1. The van der Waals surface area contributed by atoms with E-state index in [1.165, 1.54) is 17.9 Å². The molecule has 0 aliphatic carbocycles. The maximum absolute atomic E-state index is 11.5. The zero-order valence-corrected chi connectivity index (χ0v) is 9.62. The molecule has 6 heteroatoms. The molecule has 94 valence electrons. The third-order valence-electron chi connectivity index (χ3n) is 2.65. The predicted octanol–water partition coefficient (Wildman–Crippen LogP) is 1.30. The topological polar surface area (TPSA) is 83.9 Å². The van der Waals surface area contributed by atoms with Gasteiger partial charge >= 0.3 is 12.1 Å². The van der Waals surface area contributed by atoms with Crippen molar-refractivity contribution in [2.75, 3.05) is 11.4 Å². The number of ketones is 1. The lowest BCUT2D eigenvalue weighted by molar-refractivity contribution is -0.144. The lowest BCUT2D eigenvalue weighted by Crippen LogP contribution is -2.27. The van der Waals surface area contributed by atoms with Crippen LogP contribution in [0.15, 0.2) is 24.3 Å². The highest BCUT2D eigenvalue weighted by Crippen LogP contribution is 2.22. The Labute approximate surface area is 103 Å². The Balaban J connectivity index is 2.27. The SMILES string of the molecule is CC(=O)c1cccc(N2C[C@@H](C(=O)O)OC2=O)c1. The zero-order valence-electron chi connectivity index (χ0n) is 9.62. The summed E-state index contributed by atoms with van der Waals surface area (Å²) in [5, 5.41) is 8.78. The number of nitrogens with zero attached hydrogens (tertiary/aromatic N) is 1. The quantitative estimate of drug-likeness (QED) is 0.816. The van der Waals surface area contributed by atoms with Crippen molar-refractivity contribution in [1.82, 2.24) is 0 Å². The number of carboxylic acids is 1. The van der Waals surface area contributed by atoms with Crippen LogP contribution in [-0.2, 0) is 9.53 Å². The molecule has 1 aromatic rings. The lowest BCUT2D eigenvalue weighted by Gasteiger charge is -2.13. The maximum Gasteiger partial charge on any atom is 0.415 e. The van der Waals surface area contributed by atoms with Crippen LogP contribution in [0.5, 0.6) is 0 Å². The second-order valence-electron chi connectivity index (χ2n) is 3.93. The summed E-state index contributed by atoms with van der Waals surface area (Å²) in [6.45, 7) is 1.36. The van der Waals surface area contributed by atoms with Crippen LogP contribution in [0.2, 0.25) is 0 Å². The molecule has 1 aliphatic rings. The third kappa shape index (κ3) is 2.17. The highest BCUT2D eigenvalue weighted by atomic mass is 16.6. The van der Waals surface area contributed by atoms with Crippen LogP contribution >= 0.6 is 0 Å². The fourth-order valence-electron chi connectivity index (χ4n) is 1.70. The molecule has 1 fully saturated rings. The number of Topliss-reactive ketones (excluding diaryl/α,β-unsaturated/α-hetero) is 1. The van der Waals surface area contributed by atoms with Crippen LogP contribution in [0, 0.1) is 0 Å². The Hall–Kier alpha value is -2.37. The number of hydrogen-bond donors (Lipinski definition) is 1. The predicted molar refractivity (Wildman–Crippen MR) is 61.7 cm³/mol. The number of hydrogen-bond acceptors (Lipinski definition) is 4. The number of anilines is 1. The first-order valence-corrected chi connectivity index (χ1v) is 5.31. The summed E-state index contributed by atoms with van der Waals surface area (Å²) in [6.07, 6.45) is -1.89. The Morgan fingerprint density at radius 3 is 2.72 bits per heavy atom. The van der Waals surface area contributed by atoms with Gasteiger partial charge in [-0.25, -0.2) is 9.59 Å². The van der Waals surface area contributed by atoms with E-state index in [1.54, 1.807) is 18.2 Å². The molecule has 6 nitrogen and oxygen atoms in total. The fraction of sp³-hybridized carbons (Fsp3) is 0.250. The standard InChI is InChI=1S/C12H11NO5/c1-7(14)8-3-2-4-9(5-8)13-6-10(11(15)16)18-12(13)17/h2-5,10H,6H2,1H3,(H,15,16)/t10-/m0/s1. The number of rotatable bonds is 3. The smallest absolute Gasteiger partial charge is 0.415 e.